The van der Waals surface area contributed by atoms with Crippen LogP contribution in [-0.2, 0) is 16.4 Å². The zero-order chi connectivity index (χ0) is 20.5. The quantitative estimate of drug-likeness (QED) is 0.707. The minimum Gasteiger partial charge on any atom is -0.322 e. The second kappa shape index (κ2) is 8.31. The van der Waals surface area contributed by atoms with Gasteiger partial charge in [-0.25, -0.2) is 8.42 Å². The summed E-state index contributed by atoms with van der Waals surface area (Å²) in [5.74, 6) is -0.350. The maximum Gasteiger partial charge on any atom is 0.257 e. The van der Waals surface area contributed by atoms with Gasteiger partial charge in [-0.3, -0.25) is 9.10 Å². The molecule has 0 aliphatic carbocycles. The van der Waals surface area contributed by atoms with Crippen LogP contribution in [0.1, 0.15) is 41.3 Å². The molecule has 3 rings (SSSR count). The molecule has 2 aromatic carbocycles. The molecule has 1 heterocycles. The van der Waals surface area contributed by atoms with Crippen molar-refractivity contribution in [1.82, 2.24) is 0 Å². The Balaban J connectivity index is 1.94. The highest BCUT2D eigenvalue weighted by Crippen LogP contribution is 2.34. The van der Waals surface area contributed by atoms with Gasteiger partial charge in [0.15, 0.2) is 0 Å². The first kappa shape index (κ1) is 21.0. The van der Waals surface area contributed by atoms with E-state index in [-0.39, 0.29) is 21.4 Å². The van der Waals surface area contributed by atoms with Crippen molar-refractivity contribution in [2.75, 3.05) is 21.9 Å². The van der Waals surface area contributed by atoms with Crippen LogP contribution in [0.25, 0.3) is 0 Å². The third-order valence-electron chi connectivity index (χ3n) is 4.58. The SMILES string of the molecule is CCCc1cc(C)cc(NC(=O)c2cc(N3CCCS3(=O)=O)cc(Cl)c2Cl)c1. The number of benzene rings is 2. The van der Waals surface area contributed by atoms with Crippen LogP contribution in [-0.4, -0.2) is 26.6 Å². The molecule has 0 spiro atoms. The van der Waals surface area contributed by atoms with E-state index in [9.17, 15) is 13.2 Å². The Morgan fingerprint density at radius 1 is 1.18 bits per heavy atom. The van der Waals surface area contributed by atoms with E-state index in [4.69, 9.17) is 23.2 Å². The van der Waals surface area contributed by atoms with Crippen molar-refractivity contribution >= 4 is 50.5 Å². The molecule has 1 saturated heterocycles. The van der Waals surface area contributed by atoms with Crippen molar-refractivity contribution in [3.8, 4) is 0 Å². The fourth-order valence-electron chi connectivity index (χ4n) is 3.38. The molecule has 8 heteroatoms. The average Bonchev–Trinajstić information content (AvgIpc) is 2.96. The number of carbonyl (C=O) groups is 1. The van der Waals surface area contributed by atoms with Crippen molar-refractivity contribution in [3.05, 3.63) is 57.1 Å². The van der Waals surface area contributed by atoms with E-state index in [0.717, 1.165) is 24.0 Å². The first-order chi connectivity index (χ1) is 13.2. The van der Waals surface area contributed by atoms with Crippen molar-refractivity contribution in [1.29, 1.82) is 0 Å². The van der Waals surface area contributed by atoms with Gasteiger partial charge in [-0.2, -0.15) is 0 Å². The van der Waals surface area contributed by atoms with E-state index in [1.165, 1.54) is 16.4 Å². The highest BCUT2D eigenvalue weighted by Gasteiger charge is 2.30. The van der Waals surface area contributed by atoms with Crippen LogP contribution in [0.2, 0.25) is 10.0 Å². The van der Waals surface area contributed by atoms with E-state index in [2.05, 4.69) is 18.3 Å². The van der Waals surface area contributed by atoms with Gasteiger partial charge in [-0.1, -0.05) is 42.6 Å². The molecule has 28 heavy (non-hydrogen) atoms. The molecule has 1 aliphatic rings. The number of sulfonamides is 1. The Kier molecular flexibility index (Phi) is 6.22. The van der Waals surface area contributed by atoms with E-state index in [1.807, 2.05) is 19.1 Å². The van der Waals surface area contributed by atoms with Crippen LogP contribution < -0.4 is 9.62 Å². The molecule has 0 saturated carbocycles. The van der Waals surface area contributed by atoms with Crippen molar-refractivity contribution in [3.63, 3.8) is 0 Å². The molecule has 2 aromatic rings. The molecule has 1 N–H and O–H groups in total. The van der Waals surface area contributed by atoms with Gasteiger partial charge in [-0.05, 0) is 55.2 Å². The maximum atomic E-state index is 12.9. The van der Waals surface area contributed by atoms with Gasteiger partial charge in [0, 0.05) is 12.2 Å². The molecule has 150 valence electrons. The lowest BCUT2D eigenvalue weighted by atomic mass is 10.1. The standard InChI is InChI=1S/C20H22Cl2N2O3S/c1-3-5-14-8-13(2)9-15(10-14)23-20(25)17-11-16(12-18(21)19(17)22)24-6-4-7-28(24,26)27/h8-12H,3-7H2,1-2H3,(H,23,25). The predicted molar refractivity (Wildman–Crippen MR) is 115 cm³/mol. The first-order valence-corrected chi connectivity index (χ1v) is 11.5. The maximum absolute atomic E-state index is 12.9. The van der Waals surface area contributed by atoms with Gasteiger partial charge in [0.25, 0.3) is 5.91 Å². The predicted octanol–water partition coefficient (Wildman–Crippen LogP) is 5.05. The number of rotatable bonds is 5. The summed E-state index contributed by atoms with van der Waals surface area (Å²) in [7, 11) is -3.39. The van der Waals surface area contributed by atoms with E-state index < -0.39 is 15.9 Å². The summed E-state index contributed by atoms with van der Waals surface area (Å²) in [5, 5.41) is 3.09. The van der Waals surface area contributed by atoms with Crippen LogP contribution >= 0.6 is 23.2 Å². The normalized spacial score (nSPS) is 15.6. The van der Waals surface area contributed by atoms with Crippen molar-refractivity contribution < 1.29 is 13.2 Å². The minimum atomic E-state index is -3.39. The topological polar surface area (TPSA) is 66.5 Å². The fourth-order valence-corrected chi connectivity index (χ4v) is 5.34. The number of hydrogen-bond donors (Lipinski definition) is 1. The summed E-state index contributed by atoms with van der Waals surface area (Å²) in [5.41, 5.74) is 3.35. The largest absolute Gasteiger partial charge is 0.322 e. The summed E-state index contributed by atoms with van der Waals surface area (Å²) in [6, 6.07) is 8.85. The molecule has 1 fully saturated rings. The van der Waals surface area contributed by atoms with Crippen LogP contribution in [0.4, 0.5) is 11.4 Å². The van der Waals surface area contributed by atoms with Gasteiger partial charge in [0.2, 0.25) is 10.0 Å². The molecule has 1 amide bonds. The number of amides is 1. The van der Waals surface area contributed by atoms with E-state index in [1.54, 1.807) is 0 Å². The number of halogens is 2. The number of aryl methyl sites for hydroxylation is 2. The Bertz CT molecular complexity index is 1020. The first-order valence-electron chi connectivity index (χ1n) is 9.12. The van der Waals surface area contributed by atoms with Gasteiger partial charge in [0.05, 0.1) is 27.0 Å². The van der Waals surface area contributed by atoms with Crippen LogP contribution in [0.3, 0.4) is 0 Å². The molecule has 0 atom stereocenters. The lowest BCUT2D eigenvalue weighted by Crippen LogP contribution is -2.25. The average molecular weight is 441 g/mol. The Morgan fingerprint density at radius 2 is 1.93 bits per heavy atom. The van der Waals surface area contributed by atoms with Gasteiger partial charge >= 0.3 is 0 Å². The highest BCUT2D eigenvalue weighted by atomic mass is 35.5. The van der Waals surface area contributed by atoms with Crippen molar-refractivity contribution in [2.45, 2.75) is 33.1 Å². The number of nitrogens with zero attached hydrogens (tertiary/aromatic N) is 1. The molecule has 5 nitrogen and oxygen atoms in total. The van der Waals surface area contributed by atoms with E-state index >= 15 is 0 Å². The van der Waals surface area contributed by atoms with Gasteiger partial charge in [0.1, 0.15) is 0 Å². The summed E-state index contributed by atoms with van der Waals surface area (Å²) in [6.45, 7) is 4.43. The fraction of sp³-hybridized carbons (Fsp3) is 0.350. The lowest BCUT2D eigenvalue weighted by Gasteiger charge is -2.19. The van der Waals surface area contributed by atoms with Crippen LogP contribution in [0, 0.1) is 6.92 Å². The zero-order valence-electron chi connectivity index (χ0n) is 15.8. The molecular weight excluding hydrogens is 419 g/mol. The smallest absolute Gasteiger partial charge is 0.257 e. The number of carbonyl (C=O) groups excluding carboxylic acids is 1. The van der Waals surface area contributed by atoms with Crippen LogP contribution in [0.5, 0.6) is 0 Å². The second-order valence-electron chi connectivity index (χ2n) is 6.94. The highest BCUT2D eigenvalue weighted by molar-refractivity contribution is 7.93. The summed E-state index contributed by atoms with van der Waals surface area (Å²) >= 11 is 12.5. The summed E-state index contributed by atoms with van der Waals surface area (Å²) in [6.07, 6.45) is 2.46. The summed E-state index contributed by atoms with van der Waals surface area (Å²) < 4.78 is 25.7. The second-order valence-corrected chi connectivity index (χ2v) is 9.74. The Morgan fingerprint density at radius 3 is 2.57 bits per heavy atom. The zero-order valence-corrected chi connectivity index (χ0v) is 18.1. The van der Waals surface area contributed by atoms with Gasteiger partial charge < -0.3 is 5.32 Å². The molecule has 0 aromatic heterocycles. The van der Waals surface area contributed by atoms with Crippen molar-refractivity contribution in [2.24, 2.45) is 0 Å². The lowest BCUT2D eigenvalue weighted by molar-refractivity contribution is 0.102. The summed E-state index contributed by atoms with van der Waals surface area (Å²) in [4.78, 5) is 12.9. The van der Waals surface area contributed by atoms with Crippen LogP contribution in [0.15, 0.2) is 30.3 Å². The number of anilines is 2. The molecular formula is C20H22Cl2N2O3S. The number of nitrogens with one attached hydrogen (secondary N) is 1. The molecule has 1 aliphatic heterocycles. The minimum absolute atomic E-state index is 0.0816. The third kappa shape index (κ3) is 4.45. The number of hydrogen-bond acceptors (Lipinski definition) is 3. The molecule has 0 radical (unpaired) electrons. The third-order valence-corrected chi connectivity index (χ3v) is 7.25. The monoisotopic (exact) mass is 440 g/mol. The molecule has 0 bridgehead atoms. The molecule has 0 unspecified atom stereocenters. The van der Waals surface area contributed by atoms with Gasteiger partial charge in [-0.15, -0.1) is 0 Å². The Hall–Kier alpha value is -1.76. The Labute approximate surface area is 175 Å². The van der Waals surface area contributed by atoms with E-state index in [0.29, 0.717) is 24.3 Å².